The monoisotopic (exact) mass is 972 g/mol. The topological polar surface area (TPSA) is 336 Å². The Hall–Kier alpha value is -6.52. The largest absolute Gasteiger partial charge is 0.508 e. The highest BCUT2D eigenvalue weighted by Gasteiger charge is 2.47. The molecule has 23 heteroatoms. The fourth-order valence-electron chi connectivity index (χ4n) is 7.92. The maximum absolute atomic E-state index is 14.6. The number of fused-ring (bicyclic) bond motifs is 2. The van der Waals surface area contributed by atoms with Crippen molar-refractivity contribution in [1.82, 2.24) is 36.4 Å². The fourth-order valence-corrected chi connectivity index (χ4v) is 8.12. The number of aryl methyl sites for hydroxylation is 1. The lowest BCUT2D eigenvalue weighted by molar-refractivity contribution is -0.170. The van der Waals surface area contributed by atoms with Crippen molar-refractivity contribution in [3.05, 3.63) is 58.6 Å². The molecule has 0 saturated carbocycles. The number of esters is 1. The molecule has 11 atom stereocenters. The summed E-state index contributed by atoms with van der Waals surface area (Å²) in [6.07, 6.45) is -5.86. The Morgan fingerprint density at radius 2 is 1.62 bits per heavy atom. The second kappa shape index (κ2) is 24.5. The molecule has 0 aliphatic carbocycles. The van der Waals surface area contributed by atoms with Crippen molar-refractivity contribution in [3.63, 3.8) is 0 Å². The van der Waals surface area contributed by atoms with Gasteiger partial charge in [-0.05, 0) is 87.3 Å². The first kappa shape index (κ1) is 54.1. The summed E-state index contributed by atoms with van der Waals surface area (Å²) >= 11 is 6.21. The van der Waals surface area contributed by atoms with Crippen molar-refractivity contribution in [3.8, 4) is 11.5 Å². The predicted octanol–water partition coefficient (Wildman–Crippen LogP) is -1.25. The lowest BCUT2D eigenvalue weighted by Crippen LogP contribution is -2.67. The molecule has 68 heavy (non-hydrogen) atoms. The van der Waals surface area contributed by atoms with E-state index in [9.17, 15) is 63.6 Å². The van der Waals surface area contributed by atoms with Crippen LogP contribution in [-0.4, -0.2) is 152 Å². The molecule has 2 heterocycles. The van der Waals surface area contributed by atoms with Crippen molar-refractivity contribution >= 4 is 65.3 Å². The molecule has 2 aliphatic rings. The smallest absolute Gasteiger partial charge is 0.329 e. The van der Waals surface area contributed by atoms with Crippen molar-refractivity contribution < 1.29 is 68.3 Å². The average molecular weight is 973 g/mol. The van der Waals surface area contributed by atoms with E-state index in [0.717, 1.165) is 9.80 Å². The van der Waals surface area contributed by atoms with E-state index < -0.39 is 114 Å². The first-order valence-electron chi connectivity index (χ1n) is 22.2. The molecule has 2 bridgehead atoms. The number of phenols is 2. The number of piperidine rings is 1. The summed E-state index contributed by atoms with van der Waals surface area (Å²) in [4.78, 5) is 125. The SMILES string of the molecule is CC[C@H](C)[C@@H]1NC(=O)[C@H](Cc2ccc(O)c(Cl)c2)N(C)C(=O)C(C(C)O)N2C(=O)C(CCC2O)NC(=O)C(CCc2ccc(O)cc2)NC(=O)C(NC(=O)[C@H](CCC(N)=O)NC=O)C(C)OC1=O. The summed E-state index contributed by atoms with van der Waals surface area (Å²) < 4.78 is 5.83. The van der Waals surface area contributed by atoms with Crippen molar-refractivity contribution in [1.29, 1.82) is 0 Å². The van der Waals surface area contributed by atoms with E-state index in [1.807, 2.05) is 0 Å². The zero-order valence-corrected chi connectivity index (χ0v) is 39.1. The van der Waals surface area contributed by atoms with E-state index in [-0.39, 0.29) is 74.3 Å². The number of aliphatic hydroxyl groups is 2. The van der Waals surface area contributed by atoms with Gasteiger partial charge in [0.15, 0.2) is 0 Å². The van der Waals surface area contributed by atoms with Crippen LogP contribution in [0.3, 0.4) is 0 Å². The second-order valence-corrected chi connectivity index (χ2v) is 17.5. The first-order valence-corrected chi connectivity index (χ1v) is 22.6. The number of halogens is 1. The Labute approximate surface area is 397 Å². The standard InChI is InChI=1S/C45H61ClN8O14/c1-6-22(2)36-45(67)68-24(4)37(52-39(61)29(48-21-55)14-17-34(47)59)42(64)49-30(13-9-25-7-11-27(57)12-8-25)40(62)50-31-15-18-35(60)54(43(31)65)38(23(3)56)44(66)53(5)32(41(63)51-36)20-26-10-16-33(58)28(46)19-26/h7-8,10-12,16,19,21-24,29-32,35-38,56-58,60H,6,9,13-15,17-18,20H2,1-5H3,(H2,47,59)(H,48,55)(H,49,64)(H,50,62)(H,51,63)(H,52,61)/t22-,23?,24?,29-,30?,31?,32-,35?,36-,37?,38?/m0/s1. The van der Waals surface area contributed by atoms with E-state index in [1.165, 1.54) is 51.2 Å². The number of likely N-dealkylation sites (N-methyl/N-ethyl adjacent to an activating group) is 1. The van der Waals surface area contributed by atoms with E-state index in [2.05, 4.69) is 26.6 Å². The van der Waals surface area contributed by atoms with Crippen molar-refractivity contribution in [2.24, 2.45) is 11.7 Å². The zero-order valence-electron chi connectivity index (χ0n) is 38.3. The van der Waals surface area contributed by atoms with Gasteiger partial charge in [-0.3, -0.25) is 38.4 Å². The highest BCUT2D eigenvalue weighted by molar-refractivity contribution is 6.32. The lowest BCUT2D eigenvalue weighted by atomic mass is 9.96. The van der Waals surface area contributed by atoms with Crippen LogP contribution >= 0.6 is 11.6 Å². The highest BCUT2D eigenvalue weighted by Crippen LogP contribution is 2.27. The van der Waals surface area contributed by atoms with Crippen LogP contribution in [0.5, 0.6) is 11.5 Å². The van der Waals surface area contributed by atoms with Crippen LogP contribution in [0.1, 0.15) is 77.3 Å². The minimum absolute atomic E-state index is 0.0392. The maximum atomic E-state index is 14.6. The molecule has 372 valence electrons. The van der Waals surface area contributed by atoms with Gasteiger partial charge in [-0.1, -0.05) is 50.1 Å². The van der Waals surface area contributed by atoms with Crippen LogP contribution in [0.25, 0.3) is 0 Å². The Morgan fingerprint density at radius 1 is 0.956 bits per heavy atom. The summed E-state index contributed by atoms with van der Waals surface area (Å²) in [6.45, 7) is 5.76. The second-order valence-electron chi connectivity index (χ2n) is 17.1. The number of carbonyl (C=O) groups excluding carboxylic acids is 9. The van der Waals surface area contributed by atoms with Gasteiger partial charge >= 0.3 is 5.97 Å². The number of benzene rings is 2. The highest BCUT2D eigenvalue weighted by atomic mass is 35.5. The molecule has 8 amide bonds. The number of nitrogens with zero attached hydrogens (tertiary/aromatic N) is 2. The van der Waals surface area contributed by atoms with E-state index >= 15 is 0 Å². The Morgan fingerprint density at radius 3 is 2.22 bits per heavy atom. The summed E-state index contributed by atoms with van der Waals surface area (Å²) in [5.41, 5.74) is 6.23. The molecule has 2 aromatic carbocycles. The molecule has 11 N–H and O–H groups in total. The summed E-state index contributed by atoms with van der Waals surface area (Å²) in [6, 6.07) is -1.08. The molecular formula is C45H61ClN8O14. The normalized spacial score (nSPS) is 25.8. The number of aromatic hydroxyl groups is 2. The van der Waals surface area contributed by atoms with Crippen LogP contribution in [0.4, 0.5) is 0 Å². The van der Waals surface area contributed by atoms with Crippen molar-refractivity contribution in [2.45, 2.75) is 140 Å². The molecule has 2 fully saturated rings. The molecule has 2 saturated heterocycles. The zero-order chi connectivity index (χ0) is 50.6. The third-order valence-electron chi connectivity index (χ3n) is 12.1. The number of hydrogen-bond acceptors (Lipinski definition) is 14. The number of nitrogens with two attached hydrogens (primary N) is 1. The first-order chi connectivity index (χ1) is 32.1. The number of ether oxygens (including phenoxy) is 1. The third-order valence-corrected chi connectivity index (χ3v) is 12.4. The number of amides is 8. The number of aliphatic hydroxyl groups excluding tert-OH is 2. The Balaban J connectivity index is 1.89. The maximum Gasteiger partial charge on any atom is 0.329 e. The van der Waals surface area contributed by atoms with E-state index in [1.54, 1.807) is 26.0 Å². The van der Waals surface area contributed by atoms with Gasteiger partial charge in [-0.15, -0.1) is 0 Å². The summed E-state index contributed by atoms with van der Waals surface area (Å²) in [7, 11) is 1.21. The Kier molecular flexibility index (Phi) is 19.5. The molecule has 2 aromatic rings. The molecule has 0 aromatic heterocycles. The van der Waals surface area contributed by atoms with Crippen LogP contribution < -0.4 is 32.3 Å². The number of primary amides is 1. The van der Waals surface area contributed by atoms with Gasteiger partial charge in [-0.2, -0.15) is 0 Å². The number of cyclic esters (lactones) is 1. The molecule has 2 aliphatic heterocycles. The predicted molar refractivity (Wildman–Crippen MR) is 242 cm³/mol. The number of nitrogens with one attached hydrogen (secondary N) is 5. The molecule has 0 spiro atoms. The minimum atomic E-state index is -1.84. The Bertz CT molecular complexity index is 2180. The minimum Gasteiger partial charge on any atom is -0.508 e. The molecular weight excluding hydrogens is 912 g/mol. The molecule has 7 unspecified atom stereocenters. The average Bonchev–Trinajstić information content (AvgIpc) is 3.28. The van der Waals surface area contributed by atoms with Gasteiger partial charge in [-0.25, -0.2) is 4.79 Å². The van der Waals surface area contributed by atoms with E-state index in [4.69, 9.17) is 22.1 Å². The van der Waals surface area contributed by atoms with Gasteiger partial charge < -0.3 is 67.3 Å². The molecule has 22 nitrogen and oxygen atoms in total. The van der Waals surface area contributed by atoms with Gasteiger partial charge in [0.25, 0.3) is 0 Å². The van der Waals surface area contributed by atoms with Crippen LogP contribution in [-0.2, 0) is 60.7 Å². The van der Waals surface area contributed by atoms with Gasteiger partial charge in [0.1, 0.15) is 66.1 Å². The van der Waals surface area contributed by atoms with Gasteiger partial charge in [0, 0.05) is 19.9 Å². The van der Waals surface area contributed by atoms with Gasteiger partial charge in [0.05, 0.1) is 11.1 Å². The molecule has 0 radical (unpaired) electrons. The van der Waals surface area contributed by atoms with E-state index in [0.29, 0.717) is 11.1 Å². The van der Waals surface area contributed by atoms with Crippen LogP contribution in [0.2, 0.25) is 5.02 Å². The van der Waals surface area contributed by atoms with Crippen LogP contribution in [0.15, 0.2) is 42.5 Å². The number of hydrogen-bond donors (Lipinski definition) is 10. The quantitative estimate of drug-likeness (QED) is 0.0738. The number of carbonyl (C=O) groups is 9. The lowest BCUT2D eigenvalue weighted by Gasteiger charge is -2.43. The van der Waals surface area contributed by atoms with Crippen LogP contribution in [0, 0.1) is 5.92 Å². The number of rotatable bonds is 15. The van der Waals surface area contributed by atoms with Crippen molar-refractivity contribution in [2.75, 3.05) is 7.05 Å². The summed E-state index contributed by atoms with van der Waals surface area (Å²) in [5, 5.41) is 54.8. The molecule has 4 rings (SSSR count). The number of phenolic OH excluding ortho intramolecular Hbond substituents is 2. The van der Waals surface area contributed by atoms with Gasteiger partial charge in [0.2, 0.25) is 47.8 Å². The fraction of sp³-hybridized carbons (Fsp3) is 0.533. The summed E-state index contributed by atoms with van der Waals surface area (Å²) in [5.74, 6) is -8.89. The third kappa shape index (κ3) is 14.0.